The highest BCUT2D eigenvalue weighted by atomic mass is 16.5. The van der Waals surface area contributed by atoms with E-state index in [1.807, 2.05) is 24.5 Å². The van der Waals surface area contributed by atoms with Gasteiger partial charge in [0, 0.05) is 18.9 Å². The van der Waals surface area contributed by atoms with Crippen molar-refractivity contribution in [2.75, 3.05) is 37.8 Å². The maximum absolute atomic E-state index is 5.85. The summed E-state index contributed by atoms with van der Waals surface area (Å²) in [5.74, 6) is 7.40. The van der Waals surface area contributed by atoms with E-state index in [0.717, 1.165) is 56.2 Å². The van der Waals surface area contributed by atoms with Crippen LogP contribution in [0.5, 0.6) is 0 Å². The summed E-state index contributed by atoms with van der Waals surface area (Å²) in [5, 5.41) is 6.66. The van der Waals surface area contributed by atoms with Crippen LogP contribution >= 0.6 is 0 Å². The molecule has 0 bridgehead atoms. The quantitative estimate of drug-likeness (QED) is 0.828. The minimum atomic E-state index is 0.336. The predicted molar refractivity (Wildman–Crippen MR) is 98.4 cm³/mol. The summed E-state index contributed by atoms with van der Waals surface area (Å²) in [6, 6.07) is 4.02. The molecule has 2 aromatic heterocycles. The molecule has 0 aromatic carbocycles. The first-order valence-electron chi connectivity index (χ1n) is 8.83. The zero-order valence-electron chi connectivity index (χ0n) is 14.2. The fraction of sp³-hybridized carbons (Fsp3) is 0.421. The van der Waals surface area contributed by atoms with E-state index in [1.165, 1.54) is 0 Å². The van der Waals surface area contributed by atoms with Crippen LogP contribution in [0.25, 0.3) is 5.65 Å². The number of nitrogens with one attached hydrogen (secondary N) is 2. The maximum Gasteiger partial charge on any atom is 0.154 e. The SMILES string of the molecule is C(#Cc1cccn2c(N3C=CCNC3)cnc12)COC1CCNCC1. The van der Waals surface area contributed by atoms with Crippen LogP contribution in [-0.4, -0.2) is 48.4 Å². The Labute approximate surface area is 147 Å². The molecule has 1 fully saturated rings. The Hall–Kier alpha value is -2.33. The number of nitrogens with zero attached hydrogens (tertiary/aromatic N) is 3. The van der Waals surface area contributed by atoms with E-state index in [2.05, 4.69) is 49.0 Å². The molecule has 0 aliphatic carbocycles. The molecular formula is C19H23N5O. The van der Waals surface area contributed by atoms with Crippen molar-refractivity contribution < 1.29 is 4.74 Å². The second-order valence-corrected chi connectivity index (χ2v) is 6.26. The third-order valence-electron chi connectivity index (χ3n) is 4.54. The Morgan fingerprint density at radius 1 is 1.28 bits per heavy atom. The summed E-state index contributed by atoms with van der Waals surface area (Å²) in [4.78, 5) is 6.71. The number of fused-ring (bicyclic) bond motifs is 1. The Kier molecular flexibility index (Phi) is 4.98. The lowest BCUT2D eigenvalue weighted by molar-refractivity contribution is 0.0548. The minimum absolute atomic E-state index is 0.336. The number of ether oxygens (including phenoxy) is 1. The summed E-state index contributed by atoms with van der Waals surface area (Å²) in [7, 11) is 0. The minimum Gasteiger partial charge on any atom is -0.365 e. The molecule has 130 valence electrons. The van der Waals surface area contributed by atoms with Crippen molar-refractivity contribution in [3.63, 3.8) is 0 Å². The van der Waals surface area contributed by atoms with Gasteiger partial charge in [0.25, 0.3) is 0 Å². The zero-order chi connectivity index (χ0) is 16.9. The van der Waals surface area contributed by atoms with Crippen LogP contribution in [0.1, 0.15) is 18.4 Å². The highest BCUT2D eigenvalue weighted by molar-refractivity contribution is 5.62. The molecule has 0 saturated carbocycles. The second kappa shape index (κ2) is 7.70. The van der Waals surface area contributed by atoms with Gasteiger partial charge in [-0.25, -0.2) is 4.98 Å². The smallest absolute Gasteiger partial charge is 0.154 e. The lowest BCUT2D eigenvalue weighted by atomic mass is 10.1. The molecule has 0 atom stereocenters. The van der Waals surface area contributed by atoms with Gasteiger partial charge in [-0.15, -0.1) is 0 Å². The lowest BCUT2D eigenvalue weighted by Crippen LogP contribution is -2.34. The molecule has 0 amide bonds. The van der Waals surface area contributed by atoms with Crippen LogP contribution in [0.2, 0.25) is 0 Å². The Bertz CT molecular complexity index is 810. The van der Waals surface area contributed by atoms with E-state index < -0.39 is 0 Å². The van der Waals surface area contributed by atoms with Crippen molar-refractivity contribution in [3.8, 4) is 11.8 Å². The number of pyridine rings is 1. The predicted octanol–water partition coefficient (Wildman–Crippen LogP) is 1.34. The van der Waals surface area contributed by atoms with Gasteiger partial charge >= 0.3 is 0 Å². The van der Waals surface area contributed by atoms with Gasteiger partial charge in [0.05, 0.1) is 24.5 Å². The Morgan fingerprint density at radius 3 is 3.04 bits per heavy atom. The largest absolute Gasteiger partial charge is 0.365 e. The van der Waals surface area contributed by atoms with Gasteiger partial charge in [-0.05, 0) is 38.1 Å². The van der Waals surface area contributed by atoms with E-state index in [0.29, 0.717) is 12.7 Å². The number of rotatable bonds is 3. The number of hydrogen-bond donors (Lipinski definition) is 2. The summed E-state index contributed by atoms with van der Waals surface area (Å²) in [5.41, 5.74) is 1.81. The molecule has 0 spiro atoms. The number of anilines is 1. The number of piperidine rings is 1. The van der Waals surface area contributed by atoms with E-state index in [4.69, 9.17) is 4.74 Å². The van der Waals surface area contributed by atoms with Crippen molar-refractivity contribution in [1.29, 1.82) is 0 Å². The van der Waals surface area contributed by atoms with E-state index in [1.54, 1.807) is 0 Å². The van der Waals surface area contributed by atoms with Crippen molar-refractivity contribution in [3.05, 3.63) is 42.4 Å². The third kappa shape index (κ3) is 3.69. The molecular weight excluding hydrogens is 314 g/mol. The molecule has 2 N–H and O–H groups in total. The van der Waals surface area contributed by atoms with Gasteiger partial charge < -0.3 is 15.0 Å². The molecule has 1 saturated heterocycles. The van der Waals surface area contributed by atoms with Gasteiger partial charge in [-0.3, -0.25) is 9.72 Å². The molecule has 6 nitrogen and oxygen atoms in total. The van der Waals surface area contributed by atoms with Gasteiger partial charge in [0.15, 0.2) is 5.65 Å². The Morgan fingerprint density at radius 2 is 2.20 bits per heavy atom. The zero-order valence-corrected chi connectivity index (χ0v) is 14.2. The first-order chi connectivity index (χ1) is 12.4. The summed E-state index contributed by atoms with van der Waals surface area (Å²) < 4.78 is 7.93. The van der Waals surface area contributed by atoms with Crippen LogP contribution in [0.15, 0.2) is 36.8 Å². The summed E-state index contributed by atoms with van der Waals surface area (Å²) >= 11 is 0. The highest BCUT2D eigenvalue weighted by Gasteiger charge is 2.13. The van der Waals surface area contributed by atoms with Gasteiger partial charge in [-0.2, -0.15) is 0 Å². The van der Waals surface area contributed by atoms with Crippen molar-refractivity contribution in [1.82, 2.24) is 20.0 Å². The molecule has 0 unspecified atom stereocenters. The molecule has 2 aliphatic rings. The molecule has 2 aromatic rings. The standard InChI is InChI=1S/C19H23N5O/c1-4-16(5-2-13-25-17-6-9-20-10-7-17)19-22-14-18(24(19)12-1)23-11-3-8-21-15-23/h1,3-4,11-12,14,17,20-21H,6-10,13,15H2. The van der Waals surface area contributed by atoms with Crippen LogP contribution in [0.3, 0.4) is 0 Å². The van der Waals surface area contributed by atoms with Crippen LogP contribution in [0.4, 0.5) is 5.82 Å². The van der Waals surface area contributed by atoms with Crippen LogP contribution in [0, 0.1) is 11.8 Å². The average molecular weight is 337 g/mol. The van der Waals surface area contributed by atoms with Gasteiger partial charge in [0.1, 0.15) is 12.4 Å². The molecule has 6 heteroatoms. The average Bonchev–Trinajstić information content (AvgIpc) is 3.12. The highest BCUT2D eigenvalue weighted by Crippen LogP contribution is 2.19. The van der Waals surface area contributed by atoms with Crippen LogP contribution in [-0.2, 0) is 4.74 Å². The fourth-order valence-electron chi connectivity index (χ4n) is 3.22. The monoisotopic (exact) mass is 337 g/mol. The fourth-order valence-corrected chi connectivity index (χ4v) is 3.22. The van der Waals surface area contributed by atoms with Crippen molar-refractivity contribution >= 4 is 11.5 Å². The normalized spacial score (nSPS) is 18.3. The van der Waals surface area contributed by atoms with Gasteiger partial charge in [0.2, 0.25) is 0 Å². The Balaban J connectivity index is 1.49. The van der Waals surface area contributed by atoms with Crippen molar-refractivity contribution in [2.45, 2.75) is 18.9 Å². The molecule has 4 rings (SSSR count). The summed E-state index contributed by atoms with van der Waals surface area (Å²) in [6.45, 7) is 4.23. The summed E-state index contributed by atoms with van der Waals surface area (Å²) in [6.07, 6.45) is 10.6. The van der Waals surface area contributed by atoms with Gasteiger partial charge in [-0.1, -0.05) is 17.9 Å². The topological polar surface area (TPSA) is 53.8 Å². The molecule has 25 heavy (non-hydrogen) atoms. The number of hydrogen-bond acceptors (Lipinski definition) is 5. The third-order valence-corrected chi connectivity index (χ3v) is 4.54. The van der Waals surface area contributed by atoms with E-state index in [-0.39, 0.29) is 0 Å². The molecule has 4 heterocycles. The maximum atomic E-state index is 5.85. The van der Waals surface area contributed by atoms with Crippen molar-refractivity contribution in [2.24, 2.45) is 0 Å². The van der Waals surface area contributed by atoms with E-state index in [9.17, 15) is 0 Å². The first-order valence-corrected chi connectivity index (χ1v) is 8.83. The second-order valence-electron chi connectivity index (χ2n) is 6.26. The van der Waals surface area contributed by atoms with E-state index >= 15 is 0 Å². The first kappa shape index (κ1) is 16.2. The number of aromatic nitrogens is 2. The molecule has 0 radical (unpaired) electrons. The molecule has 2 aliphatic heterocycles. The lowest BCUT2D eigenvalue weighted by Gasteiger charge is -2.23. The number of imidazole rings is 1. The van der Waals surface area contributed by atoms with Crippen LogP contribution < -0.4 is 15.5 Å².